The molecule has 4 rings (SSSR count). The van der Waals surface area contributed by atoms with Crippen molar-refractivity contribution in [3.05, 3.63) is 36.7 Å². The predicted octanol–water partition coefficient (Wildman–Crippen LogP) is 2.54. The van der Waals surface area contributed by atoms with Crippen molar-refractivity contribution in [3.63, 3.8) is 0 Å². The maximum atomic E-state index is 12.8. The van der Waals surface area contributed by atoms with Crippen LogP contribution in [0.5, 0.6) is 11.5 Å². The lowest BCUT2D eigenvalue weighted by Gasteiger charge is -2.12. The number of ether oxygens (including phenoxy) is 2. The second kappa shape index (κ2) is 5.91. The van der Waals surface area contributed by atoms with Gasteiger partial charge in [-0.05, 0) is 31.0 Å². The normalized spacial score (nSPS) is 14.5. The van der Waals surface area contributed by atoms with Crippen LogP contribution in [0.15, 0.2) is 41.6 Å². The molecule has 1 saturated carbocycles. The number of fused-ring (bicyclic) bond motifs is 1. The molecule has 0 atom stereocenters. The van der Waals surface area contributed by atoms with Gasteiger partial charge in [0.2, 0.25) is 0 Å². The Labute approximate surface area is 151 Å². The molecule has 1 aromatic carbocycles. The molecule has 0 amide bonds. The molecular formula is C18H19N3O4S. The van der Waals surface area contributed by atoms with E-state index in [0.717, 1.165) is 11.3 Å². The van der Waals surface area contributed by atoms with Crippen molar-refractivity contribution in [2.45, 2.75) is 23.0 Å². The van der Waals surface area contributed by atoms with Gasteiger partial charge in [0.25, 0.3) is 0 Å². The summed E-state index contributed by atoms with van der Waals surface area (Å²) in [6.45, 7) is 0. The van der Waals surface area contributed by atoms with E-state index in [-0.39, 0.29) is 10.1 Å². The van der Waals surface area contributed by atoms with Gasteiger partial charge in [-0.2, -0.15) is 0 Å². The fourth-order valence-corrected chi connectivity index (χ4v) is 4.82. The average Bonchev–Trinajstić information content (AvgIpc) is 3.41. The maximum Gasteiger partial charge on any atom is 0.186 e. The van der Waals surface area contributed by atoms with Crippen LogP contribution in [0.2, 0.25) is 0 Å². The van der Waals surface area contributed by atoms with Crippen LogP contribution in [-0.2, 0) is 9.84 Å². The first-order chi connectivity index (χ1) is 12.5. The third kappa shape index (κ3) is 2.57. The van der Waals surface area contributed by atoms with E-state index in [4.69, 9.17) is 15.2 Å². The molecule has 2 aromatic heterocycles. The largest absolute Gasteiger partial charge is 0.495 e. The molecule has 0 bridgehead atoms. The van der Waals surface area contributed by atoms with Crippen LogP contribution in [0.25, 0.3) is 16.9 Å². The Morgan fingerprint density at radius 2 is 1.88 bits per heavy atom. The number of hydrogen-bond donors (Lipinski definition) is 1. The van der Waals surface area contributed by atoms with E-state index >= 15 is 0 Å². The number of hydrogen-bond acceptors (Lipinski definition) is 6. The highest BCUT2D eigenvalue weighted by molar-refractivity contribution is 7.92. The number of nitrogens with two attached hydrogens (primary N) is 1. The summed E-state index contributed by atoms with van der Waals surface area (Å²) in [6.07, 6.45) is 4.65. The van der Waals surface area contributed by atoms with E-state index in [1.54, 1.807) is 42.1 Å². The molecule has 2 N–H and O–H groups in total. The smallest absolute Gasteiger partial charge is 0.186 e. The van der Waals surface area contributed by atoms with Gasteiger partial charge in [-0.25, -0.2) is 13.4 Å². The summed E-state index contributed by atoms with van der Waals surface area (Å²) in [6, 6.07) is 7.06. The number of anilines is 1. The van der Waals surface area contributed by atoms with Crippen molar-refractivity contribution < 1.29 is 17.9 Å². The summed E-state index contributed by atoms with van der Waals surface area (Å²) < 4.78 is 37.8. The predicted molar refractivity (Wildman–Crippen MR) is 98.4 cm³/mol. The van der Waals surface area contributed by atoms with Crippen molar-refractivity contribution in [3.8, 4) is 22.8 Å². The summed E-state index contributed by atoms with van der Waals surface area (Å²) in [5.74, 6) is 0.900. The van der Waals surface area contributed by atoms with Gasteiger partial charge >= 0.3 is 0 Å². The summed E-state index contributed by atoms with van der Waals surface area (Å²) in [7, 11) is -0.393. The molecule has 2 heterocycles. The zero-order chi connectivity index (χ0) is 18.5. The number of aromatic nitrogens is 2. The van der Waals surface area contributed by atoms with E-state index in [0.29, 0.717) is 35.7 Å². The number of rotatable bonds is 5. The molecule has 0 aliphatic heterocycles. The standard InChI is InChI=1S/C18H19N3O4S/c1-24-15-6-3-11(7-13(15)19)14-9-20-18-8-16(25-2)17(10-21(14)18)26(22,23)12-4-5-12/h3,6-10,12H,4-5,19H2,1-2H3. The van der Waals surface area contributed by atoms with Gasteiger partial charge in [0, 0.05) is 17.8 Å². The lowest BCUT2D eigenvalue weighted by atomic mass is 10.1. The first kappa shape index (κ1) is 16.7. The van der Waals surface area contributed by atoms with E-state index in [9.17, 15) is 8.42 Å². The zero-order valence-electron chi connectivity index (χ0n) is 14.5. The maximum absolute atomic E-state index is 12.8. The lowest BCUT2D eigenvalue weighted by molar-refractivity contribution is 0.402. The number of imidazole rings is 1. The first-order valence-electron chi connectivity index (χ1n) is 8.18. The molecule has 1 fully saturated rings. The number of pyridine rings is 1. The van der Waals surface area contributed by atoms with Crippen LogP contribution in [0.4, 0.5) is 5.69 Å². The van der Waals surface area contributed by atoms with Gasteiger partial charge in [0.15, 0.2) is 9.84 Å². The summed E-state index contributed by atoms with van der Waals surface area (Å²) in [4.78, 5) is 4.57. The SMILES string of the molecule is COc1ccc(-c2cnc3cc(OC)c(S(=O)(=O)C4CC4)cn23)cc1N. The Morgan fingerprint density at radius 1 is 1.15 bits per heavy atom. The topological polar surface area (TPSA) is 95.9 Å². The highest BCUT2D eigenvalue weighted by Gasteiger charge is 2.39. The fourth-order valence-electron chi connectivity index (χ4n) is 3.03. The Balaban J connectivity index is 1.91. The van der Waals surface area contributed by atoms with Crippen LogP contribution in [0.1, 0.15) is 12.8 Å². The Hall–Kier alpha value is -2.74. The summed E-state index contributed by atoms with van der Waals surface area (Å²) in [5.41, 5.74) is 8.66. The Kier molecular flexibility index (Phi) is 3.80. The molecule has 0 radical (unpaired) electrons. The second-order valence-electron chi connectivity index (χ2n) is 6.28. The van der Waals surface area contributed by atoms with E-state index < -0.39 is 9.84 Å². The molecular weight excluding hydrogens is 354 g/mol. The molecule has 0 unspecified atom stereocenters. The quantitative estimate of drug-likeness (QED) is 0.691. The number of sulfone groups is 1. The molecule has 7 nitrogen and oxygen atoms in total. The minimum atomic E-state index is -3.41. The lowest BCUT2D eigenvalue weighted by Crippen LogP contribution is -2.10. The zero-order valence-corrected chi connectivity index (χ0v) is 15.3. The molecule has 0 saturated heterocycles. The highest BCUT2D eigenvalue weighted by atomic mass is 32.2. The molecule has 1 aliphatic rings. The van der Waals surface area contributed by atoms with E-state index in [1.807, 2.05) is 6.07 Å². The minimum Gasteiger partial charge on any atom is -0.495 e. The molecule has 136 valence electrons. The van der Waals surface area contributed by atoms with Gasteiger partial charge in [0.05, 0.1) is 37.0 Å². The van der Waals surface area contributed by atoms with Crippen molar-refractivity contribution in [2.75, 3.05) is 20.0 Å². The Morgan fingerprint density at radius 3 is 2.50 bits per heavy atom. The van der Waals surface area contributed by atoms with Crippen molar-refractivity contribution in [2.24, 2.45) is 0 Å². The third-order valence-corrected chi connectivity index (χ3v) is 6.86. The monoisotopic (exact) mass is 373 g/mol. The number of nitrogens with zero attached hydrogens (tertiary/aromatic N) is 2. The van der Waals surface area contributed by atoms with Gasteiger partial charge < -0.3 is 15.2 Å². The second-order valence-corrected chi connectivity index (χ2v) is 8.48. The number of nitrogen functional groups attached to an aromatic ring is 1. The average molecular weight is 373 g/mol. The third-order valence-electron chi connectivity index (χ3n) is 4.59. The van der Waals surface area contributed by atoms with Crippen LogP contribution in [-0.4, -0.2) is 37.3 Å². The number of benzene rings is 1. The summed E-state index contributed by atoms with van der Waals surface area (Å²) in [5, 5.41) is -0.322. The van der Waals surface area contributed by atoms with Gasteiger partial charge in [-0.15, -0.1) is 0 Å². The molecule has 0 spiro atoms. The van der Waals surface area contributed by atoms with Crippen LogP contribution < -0.4 is 15.2 Å². The Bertz CT molecular complexity index is 1100. The summed E-state index contributed by atoms with van der Waals surface area (Å²) >= 11 is 0. The van der Waals surface area contributed by atoms with Crippen LogP contribution in [0, 0.1) is 0 Å². The van der Waals surface area contributed by atoms with Crippen molar-refractivity contribution >= 4 is 21.2 Å². The molecule has 1 aliphatic carbocycles. The van der Waals surface area contributed by atoms with Gasteiger partial charge in [-0.1, -0.05) is 0 Å². The van der Waals surface area contributed by atoms with Gasteiger partial charge in [-0.3, -0.25) is 4.40 Å². The fraction of sp³-hybridized carbons (Fsp3) is 0.278. The van der Waals surface area contributed by atoms with Crippen LogP contribution in [0.3, 0.4) is 0 Å². The molecule has 8 heteroatoms. The van der Waals surface area contributed by atoms with Crippen molar-refractivity contribution in [1.82, 2.24) is 9.38 Å². The first-order valence-corrected chi connectivity index (χ1v) is 9.73. The van der Waals surface area contributed by atoms with Gasteiger partial charge in [0.1, 0.15) is 22.0 Å². The number of methoxy groups -OCH3 is 2. The minimum absolute atomic E-state index is 0.190. The van der Waals surface area contributed by atoms with E-state index in [2.05, 4.69) is 4.98 Å². The van der Waals surface area contributed by atoms with Crippen molar-refractivity contribution in [1.29, 1.82) is 0 Å². The van der Waals surface area contributed by atoms with Crippen LogP contribution >= 0.6 is 0 Å². The molecule has 3 aromatic rings. The molecule has 26 heavy (non-hydrogen) atoms. The highest BCUT2D eigenvalue weighted by Crippen LogP contribution is 2.38. The van der Waals surface area contributed by atoms with E-state index in [1.165, 1.54) is 7.11 Å².